The molecular weight excluding hydrogens is 505 g/mol. The van der Waals surface area contributed by atoms with Crippen LogP contribution in [0.4, 0.5) is 24.5 Å². The Morgan fingerprint density at radius 2 is 1.67 bits per heavy atom. The average Bonchev–Trinajstić information content (AvgIpc) is 2.80. The number of ether oxygens (including phenoxy) is 2. The van der Waals surface area contributed by atoms with Crippen molar-refractivity contribution >= 4 is 46.7 Å². The Labute approximate surface area is 210 Å². The van der Waals surface area contributed by atoms with Crippen LogP contribution in [0.2, 0.25) is 5.02 Å². The van der Waals surface area contributed by atoms with Gasteiger partial charge >= 0.3 is 18.1 Å². The Balaban J connectivity index is 1.79. The van der Waals surface area contributed by atoms with E-state index >= 15 is 0 Å². The second kappa shape index (κ2) is 12.9. The summed E-state index contributed by atoms with van der Waals surface area (Å²) >= 11 is 5.80. The first-order valence-electron chi connectivity index (χ1n) is 10.7. The number of esters is 2. The molecule has 194 valence electrons. The number of hydrogen-bond acceptors (Lipinski definition) is 6. The summed E-state index contributed by atoms with van der Waals surface area (Å²) in [4.78, 5) is 48.0. The van der Waals surface area contributed by atoms with Gasteiger partial charge in [-0.15, -0.1) is 0 Å². The molecule has 0 saturated carbocycles. The zero-order valence-corrected chi connectivity index (χ0v) is 20.2. The molecule has 2 aromatic rings. The highest BCUT2D eigenvalue weighted by atomic mass is 35.5. The molecule has 0 aliphatic rings. The molecule has 0 aliphatic carbocycles. The van der Waals surface area contributed by atoms with Crippen LogP contribution in [-0.4, -0.2) is 37.0 Å². The van der Waals surface area contributed by atoms with Gasteiger partial charge in [-0.3, -0.25) is 14.4 Å². The largest absolute Gasteiger partial charge is 0.462 e. The van der Waals surface area contributed by atoms with E-state index in [1.54, 1.807) is 12.1 Å². The molecule has 0 saturated heterocycles. The summed E-state index contributed by atoms with van der Waals surface area (Å²) < 4.78 is 48.3. The number of anilines is 2. The SMILES string of the molecule is CC(C)COC(=O)c1cccc(NC(=O)CCC(=O)OCC(=O)Nc2cc(C(F)(F)F)ccc2Cl)c1. The lowest BCUT2D eigenvalue weighted by molar-refractivity contribution is -0.147. The predicted octanol–water partition coefficient (Wildman–Crippen LogP) is 5.07. The average molecular weight is 529 g/mol. The summed E-state index contributed by atoms with van der Waals surface area (Å²) in [5.41, 5.74) is -0.727. The Kier molecular flexibility index (Phi) is 10.3. The van der Waals surface area contributed by atoms with Gasteiger partial charge in [-0.05, 0) is 42.3 Å². The van der Waals surface area contributed by atoms with E-state index in [9.17, 15) is 32.3 Å². The van der Waals surface area contributed by atoms with Gasteiger partial charge in [-0.2, -0.15) is 13.2 Å². The fraction of sp³-hybridized carbons (Fsp3) is 0.333. The molecule has 2 rings (SSSR count). The van der Waals surface area contributed by atoms with Crippen molar-refractivity contribution in [1.82, 2.24) is 0 Å². The second-order valence-electron chi connectivity index (χ2n) is 8.02. The summed E-state index contributed by atoms with van der Waals surface area (Å²) in [6, 6.07) is 8.48. The third kappa shape index (κ3) is 9.57. The van der Waals surface area contributed by atoms with Gasteiger partial charge in [-0.1, -0.05) is 31.5 Å². The van der Waals surface area contributed by atoms with Crippen LogP contribution in [0.15, 0.2) is 42.5 Å². The van der Waals surface area contributed by atoms with Crippen LogP contribution >= 0.6 is 11.6 Å². The Morgan fingerprint density at radius 1 is 0.944 bits per heavy atom. The van der Waals surface area contributed by atoms with Crippen LogP contribution in [-0.2, 0) is 30.0 Å². The molecule has 0 spiro atoms. The fourth-order valence-corrected chi connectivity index (χ4v) is 2.86. The van der Waals surface area contributed by atoms with Gasteiger partial charge < -0.3 is 20.1 Å². The summed E-state index contributed by atoms with van der Waals surface area (Å²) in [5.74, 6) is -2.69. The van der Waals surface area contributed by atoms with E-state index in [0.717, 1.165) is 12.1 Å². The van der Waals surface area contributed by atoms with Crippen molar-refractivity contribution in [2.24, 2.45) is 5.92 Å². The Morgan fingerprint density at radius 3 is 2.33 bits per heavy atom. The van der Waals surface area contributed by atoms with Gasteiger partial charge in [0.1, 0.15) is 0 Å². The molecule has 0 radical (unpaired) electrons. The van der Waals surface area contributed by atoms with Gasteiger partial charge in [0.05, 0.1) is 34.9 Å². The number of rotatable bonds is 10. The topological polar surface area (TPSA) is 111 Å². The predicted molar refractivity (Wildman–Crippen MR) is 125 cm³/mol. The zero-order chi connectivity index (χ0) is 26.9. The van der Waals surface area contributed by atoms with Crippen LogP contribution in [0.5, 0.6) is 0 Å². The first-order chi connectivity index (χ1) is 16.8. The van der Waals surface area contributed by atoms with Crippen LogP contribution in [0.25, 0.3) is 0 Å². The summed E-state index contributed by atoms with van der Waals surface area (Å²) in [6.07, 6.45) is -5.27. The number of hydrogen-bond donors (Lipinski definition) is 2. The highest BCUT2D eigenvalue weighted by Crippen LogP contribution is 2.33. The van der Waals surface area contributed by atoms with E-state index < -0.39 is 42.1 Å². The van der Waals surface area contributed by atoms with Gasteiger partial charge in [0.15, 0.2) is 6.61 Å². The maximum absolute atomic E-state index is 12.8. The first-order valence-corrected chi connectivity index (χ1v) is 11.1. The molecule has 2 amide bonds. The minimum absolute atomic E-state index is 0.128. The summed E-state index contributed by atoms with van der Waals surface area (Å²) in [5, 5.41) is 4.55. The third-order valence-corrected chi connectivity index (χ3v) is 4.75. The number of carbonyl (C=O) groups is 4. The molecule has 0 aromatic heterocycles. The van der Waals surface area contributed by atoms with E-state index in [4.69, 9.17) is 21.1 Å². The van der Waals surface area contributed by atoms with Crippen molar-refractivity contribution in [2.75, 3.05) is 23.8 Å². The van der Waals surface area contributed by atoms with Crippen LogP contribution in [0.1, 0.15) is 42.6 Å². The second-order valence-corrected chi connectivity index (χ2v) is 8.43. The number of halogens is 4. The lowest BCUT2D eigenvalue weighted by Gasteiger charge is -2.12. The standard InChI is InChI=1S/C24H24ClF3N2O6/c1-14(2)12-36-23(34)15-4-3-5-17(10-15)29-20(31)8-9-22(33)35-13-21(32)30-19-11-16(24(26,27)28)6-7-18(19)25/h3-7,10-11,14H,8-9,12-13H2,1-2H3,(H,29,31)(H,30,32). The molecule has 0 unspecified atom stereocenters. The number of carbonyl (C=O) groups excluding carboxylic acids is 4. The molecule has 0 aliphatic heterocycles. The van der Waals surface area contributed by atoms with E-state index in [0.29, 0.717) is 11.8 Å². The quantitative estimate of drug-likeness (QED) is 0.416. The number of nitrogens with one attached hydrogen (secondary N) is 2. The smallest absolute Gasteiger partial charge is 0.416 e. The molecule has 0 bridgehead atoms. The van der Waals surface area contributed by atoms with Crippen molar-refractivity contribution in [1.29, 1.82) is 0 Å². The molecular formula is C24H24ClF3N2O6. The molecule has 8 nitrogen and oxygen atoms in total. The summed E-state index contributed by atoms with van der Waals surface area (Å²) in [6.45, 7) is 3.26. The fourth-order valence-electron chi connectivity index (χ4n) is 2.69. The minimum Gasteiger partial charge on any atom is -0.462 e. The van der Waals surface area contributed by atoms with Crippen LogP contribution in [0.3, 0.4) is 0 Å². The number of amides is 2. The normalized spacial score (nSPS) is 11.1. The Hall–Kier alpha value is -3.60. The molecule has 12 heteroatoms. The number of benzene rings is 2. The molecule has 2 aromatic carbocycles. The lowest BCUT2D eigenvalue weighted by atomic mass is 10.2. The van der Waals surface area contributed by atoms with Gasteiger partial charge in [0, 0.05) is 12.1 Å². The van der Waals surface area contributed by atoms with Gasteiger partial charge in [-0.25, -0.2) is 4.79 Å². The van der Waals surface area contributed by atoms with Gasteiger partial charge in [0.25, 0.3) is 5.91 Å². The highest BCUT2D eigenvalue weighted by Gasteiger charge is 2.31. The van der Waals surface area contributed by atoms with Crippen molar-refractivity contribution in [2.45, 2.75) is 32.9 Å². The monoisotopic (exact) mass is 528 g/mol. The van der Waals surface area contributed by atoms with Crippen molar-refractivity contribution in [3.8, 4) is 0 Å². The molecule has 36 heavy (non-hydrogen) atoms. The maximum atomic E-state index is 12.8. The molecule has 2 N–H and O–H groups in total. The lowest BCUT2D eigenvalue weighted by Crippen LogP contribution is -2.22. The van der Waals surface area contributed by atoms with E-state index in [2.05, 4.69) is 10.6 Å². The molecule has 0 fully saturated rings. The number of alkyl halides is 3. The minimum atomic E-state index is -4.63. The van der Waals surface area contributed by atoms with Gasteiger partial charge in [0.2, 0.25) is 5.91 Å². The first kappa shape index (κ1) is 28.6. The van der Waals surface area contributed by atoms with E-state index in [-0.39, 0.29) is 41.6 Å². The van der Waals surface area contributed by atoms with Crippen molar-refractivity contribution in [3.05, 3.63) is 58.6 Å². The van der Waals surface area contributed by atoms with Crippen molar-refractivity contribution < 1.29 is 41.8 Å². The molecule has 0 heterocycles. The van der Waals surface area contributed by atoms with E-state index in [1.165, 1.54) is 12.1 Å². The third-order valence-electron chi connectivity index (χ3n) is 4.42. The van der Waals surface area contributed by atoms with Crippen molar-refractivity contribution in [3.63, 3.8) is 0 Å². The van der Waals surface area contributed by atoms with Crippen LogP contribution in [0, 0.1) is 5.92 Å². The molecule has 0 atom stereocenters. The van der Waals surface area contributed by atoms with Crippen LogP contribution < -0.4 is 10.6 Å². The van der Waals surface area contributed by atoms with E-state index in [1.807, 2.05) is 13.8 Å². The maximum Gasteiger partial charge on any atom is 0.416 e. The Bertz CT molecular complexity index is 1120. The highest BCUT2D eigenvalue weighted by molar-refractivity contribution is 6.33. The summed E-state index contributed by atoms with van der Waals surface area (Å²) in [7, 11) is 0. The zero-order valence-electron chi connectivity index (χ0n) is 19.4.